The van der Waals surface area contributed by atoms with Crippen LogP contribution >= 0.6 is 0 Å². The lowest BCUT2D eigenvalue weighted by molar-refractivity contribution is 0.0526. The summed E-state index contributed by atoms with van der Waals surface area (Å²) < 4.78 is 4.85. The Morgan fingerprint density at radius 2 is 2.25 bits per heavy atom. The summed E-state index contributed by atoms with van der Waals surface area (Å²) in [5.74, 6) is -0.440. The minimum atomic E-state index is -0.440. The van der Waals surface area contributed by atoms with Crippen LogP contribution in [-0.4, -0.2) is 17.7 Å². The predicted octanol–water partition coefficient (Wildman–Crippen LogP) is 1.54. The number of carbonyl (C=O) groups is 1. The van der Waals surface area contributed by atoms with E-state index >= 15 is 0 Å². The molecule has 0 heterocycles. The molecule has 1 rings (SSSR count). The van der Waals surface area contributed by atoms with E-state index in [-0.39, 0.29) is 6.61 Å². The lowest BCUT2D eigenvalue weighted by Crippen LogP contribution is -2.07. The van der Waals surface area contributed by atoms with E-state index in [1.807, 2.05) is 6.07 Å². The van der Waals surface area contributed by atoms with Gasteiger partial charge >= 0.3 is 5.97 Å². The van der Waals surface area contributed by atoms with Crippen LogP contribution in [0.25, 0.3) is 0 Å². The standard InChI is InChI=1S/C12H13NO3/c1-3-16-12(15)9-4-8(2)11(6-13)10(5-9)7-14/h4-5,14H,3,7H2,1-2H3. The summed E-state index contributed by atoms with van der Waals surface area (Å²) in [6.07, 6.45) is 0. The number of aryl methyl sites for hydroxylation is 1. The number of ether oxygens (including phenoxy) is 1. The first-order chi connectivity index (χ1) is 7.63. The van der Waals surface area contributed by atoms with Crippen molar-refractivity contribution in [2.24, 2.45) is 0 Å². The maximum Gasteiger partial charge on any atom is 0.338 e. The van der Waals surface area contributed by atoms with Crippen LogP contribution in [0.2, 0.25) is 0 Å². The van der Waals surface area contributed by atoms with Crippen molar-refractivity contribution in [3.63, 3.8) is 0 Å². The van der Waals surface area contributed by atoms with Crippen molar-refractivity contribution >= 4 is 5.97 Å². The maximum atomic E-state index is 11.5. The van der Waals surface area contributed by atoms with Gasteiger partial charge in [-0.2, -0.15) is 5.26 Å². The van der Waals surface area contributed by atoms with Gasteiger partial charge in [-0.25, -0.2) is 4.79 Å². The molecule has 1 N–H and O–H groups in total. The molecule has 1 aromatic carbocycles. The summed E-state index contributed by atoms with van der Waals surface area (Å²) in [6.45, 7) is 3.48. The van der Waals surface area contributed by atoms with Crippen LogP contribution in [0, 0.1) is 18.3 Å². The Hall–Kier alpha value is -1.86. The number of esters is 1. The Kier molecular flexibility index (Phi) is 4.03. The normalized spacial score (nSPS) is 9.62. The molecule has 0 aliphatic carbocycles. The number of hydrogen-bond donors (Lipinski definition) is 1. The van der Waals surface area contributed by atoms with E-state index in [4.69, 9.17) is 15.1 Å². The van der Waals surface area contributed by atoms with Crippen molar-refractivity contribution in [3.05, 3.63) is 34.4 Å². The number of hydrogen-bond acceptors (Lipinski definition) is 4. The van der Waals surface area contributed by atoms with Gasteiger partial charge in [0.2, 0.25) is 0 Å². The summed E-state index contributed by atoms with van der Waals surface area (Å²) in [5.41, 5.74) is 1.89. The van der Waals surface area contributed by atoms with Crippen LogP contribution in [-0.2, 0) is 11.3 Å². The van der Waals surface area contributed by atoms with E-state index in [1.165, 1.54) is 6.07 Å². The lowest BCUT2D eigenvalue weighted by Gasteiger charge is -2.08. The molecule has 0 bridgehead atoms. The van der Waals surface area contributed by atoms with Crippen LogP contribution in [0.3, 0.4) is 0 Å². The Morgan fingerprint density at radius 3 is 2.75 bits per heavy atom. The Labute approximate surface area is 94.1 Å². The monoisotopic (exact) mass is 219 g/mol. The predicted molar refractivity (Wildman–Crippen MR) is 57.8 cm³/mol. The van der Waals surface area contributed by atoms with Gasteiger partial charge in [-0.15, -0.1) is 0 Å². The molecule has 0 amide bonds. The lowest BCUT2D eigenvalue weighted by atomic mass is 10.00. The minimum absolute atomic E-state index is 0.267. The van der Waals surface area contributed by atoms with Crippen molar-refractivity contribution in [1.82, 2.24) is 0 Å². The molecule has 0 saturated carbocycles. The van der Waals surface area contributed by atoms with E-state index in [2.05, 4.69) is 0 Å². The van der Waals surface area contributed by atoms with E-state index in [9.17, 15) is 4.79 Å². The molecule has 0 saturated heterocycles. The van der Waals surface area contributed by atoms with Gasteiger partial charge in [0.25, 0.3) is 0 Å². The zero-order valence-electron chi connectivity index (χ0n) is 9.28. The third-order valence-corrected chi connectivity index (χ3v) is 2.21. The Morgan fingerprint density at radius 1 is 1.56 bits per heavy atom. The number of aliphatic hydroxyl groups is 1. The second-order valence-corrected chi connectivity index (χ2v) is 3.32. The van der Waals surface area contributed by atoms with Crippen LogP contribution < -0.4 is 0 Å². The molecule has 0 atom stereocenters. The molecular weight excluding hydrogens is 206 g/mol. The Balaban J connectivity index is 3.21. The van der Waals surface area contributed by atoms with E-state index in [1.54, 1.807) is 19.9 Å². The van der Waals surface area contributed by atoms with Crippen molar-refractivity contribution in [3.8, 4) is 6.07 Å². The zero-order chi connectivity index (χ0) is 12.1. The first kappa shape index (κ1) is 12.2. The first-order valence-electron chi connectivity index (χ1n) is 4.95. The number of nitrogens with zero attached hydrogens (tertiary/aromatic N) is 1. The fraction of sp³-hybridized carbons (Fsp3) is 0.333. The largest absolute Gasteiger partial charge is 0.462 e. The van der Waals surface area contributed by atoms with Gasteiger partial charge in [0.05, 0.1) is 30.4 Å². The average Bonchev–Trinajstić information content (AvgIpc) is 2.28. The summed E-state index contributed by atoms with van der Waals surface area (Å²) in [6, 6.07) is 5.08. The highest BCUT2D eigenvalue weighted by atomic mass is 16.5. The quantitative estimate of drug-likeness (QED) is 0.783. The number of rotatable bonds is 3. The molecule has 16 heavy (non-hydrogen) atoms. The maximum absolute atomic E-state index is 11.5. The third kappa shape index (κ3) is 2.38. The van der Waals surface area contributed by atoms with Crippen LogP contribution in [0.15, 0.2) is 12.1 Å². The van der Waals surface area contributed by atoms with Gasteiger partial charge in [0.15, 0.2) is 0 Å². The SMILES string of the molecule is CCOC(=O)c1cc(C)c(C#N)c(CO)c1. The summed E-state index contributed by atoms with van der Waals surface area (Å²) in [5, 5.41) is 18.0. The van der Waals surface area contributed by atoms with E-state index in [0.717, 1.165) is 0 Å². The van der Waals surface area contributed by atoms with Crippen LogP contribution in [0.1, 0.15) is 34.0 Å². The van der Waals surface area contributed by atoms with E-state index in [0.29, 0.717) is 28.9 Å². The zero-order valence-corrected chi connectivity index (χ0v) is 9.28. The molecule has 4 nitrogen and oxygen atoms in total. The van der Waals surface area contributed by atoms with Gasteiger partial charge in [0, 0.05) is 0 Å². The van der Waals surface area contributed by atoms with E-state index < -0.39 is 5.97 Å². The molecule has 0 aromatic heterocycles. The van der Waals surface area contributed by atoms with Crippen molar-refractivity contribution in [1.29, 1.82) is 5.26 Å². The first-order valence-corrected chi connectivity index (χ1v) is 4.95. The van der Waals surface area contributed by atoms with Gasteiger partial charge in [-0.1, -0.05) is 0 Å². The number of benzene rings is 1. The number of nitriles is 1. The van der Waals surface area contributed by atoms with Gasteiger partial charge in [-0.05, 0) is 37.1 Å². The number of aliphatic hydroxyl groups excluding tert-OH is 1. The fourth-order valence-corrected chi connectivity index (χ4v) is 1.48. The summed E-state index contributed by atoms with van der Waals surface area (Å²) >= 11 is 0. The highest BCUT2D eigenvalue weighted by Crippen LogP contribution is 2.17. The summed E-state index contributed by atoms with van der Waals surface area (Å²) in [4.78, 5) is 11.5. The molecule has 84 valence electrons. The third-order valence-electron chi connectivity index (χ3n) is 2.21. The highest BCUT2D eigenvalue weighted by molar-refractivity contribution is 5.90. The minimum Gasteiger partial charge on any atom is -0.462 e. The molecular formula is C12H13NO3. The molecule has 0 aliphatic rings. The molecule has 0 fully saturated rings. The van der Waals surface area contributed by atoms with Gasteiger partial charge < -0.3 is 9.84 Å². The van der Waals surface area contributed by atoms with Crippen molar-refractivity contribution in [2.75, 3.05) is 6.61 Å². The molecule has 4 heteroatoms. The molecule has 0 aliphatic heterocycles. The molecule has 0 unspecified atom stereocenters. The molecule has 0 spiro atoms. The van der Waals surface area contributed by atoms with Gasteiger partial charge in [0.1, 0.15) is 0 Å². The van der Waals surface area contributed by atoms with Gasteiger partial charge in [-0.3, -0.25) is 0 Å². The highest BCUT2D eigenvalue weighted by Gasteiger charge is 2.12. The van der Waals surface area contributed by atoms with Crippen LogP contribution in [0.5, 0.6) is 0 Å². The second kappa shape index (κ2) is 5.29. The second-order valence-electron chi connectivity index (χ2n) is 3.32. The summed E-state index contributed by atoms with van der Waals surface area (Å²) in [7, 11) is 0. The average molecular weight is 219 g/mol. The molecule has 1 aromatic rings. The smallest absolute Gasteiger partial charge is 0.338 e. The van der Waals surface area contributed by atoms with Crippen molar-refractivity contribution in [2.45, 2.75) is 20.5 Å². The number of carbonyl (C=O) groups excluding carboxylic acids is 1. The van der Waals surface area contributed by atoms with Crippen molar-refractivity contribution < 1.29 is 14.6 Å². The van der Waals surface area contributed by atoms with Crippen LogP contribution in [0.4, 0.5) is 0 Å². The fourth-order valence-electron chi connectivity index (χ4n) is 1.48. The molecule has 0 radical (unpaired) electrons. The topological polar surface area (TPSA) is 70.3 Å². The Bertz CT molecular complexity index is 446.